The number of rotatable bonds is 5. The lowest BCUT2D eigenvalue weighted by molar-refractivity contribution is -0.129. The van der Waals surface area contributed by atoms with Gasteiger partial charge in [0.25, 0.3) is 0 Å². The van der Waals surface area contributed by atoms with Crippen molar-refractivity contribution >= 4 is 40.5 Å². The van der Waals surface area contributed by atoms with E-state index in [4.69, 9.17) is 9.47 Å². The van der Waals surface area contributed by atoms with Crippen molar-refractivity contribution in [3.05, 3.63) is 81.6 Å². The first-order valence-corrected chi connectivity index (χ1v) is 8.36. The standard InChI is InChI=1S/C19H14INO3/c1-2-11-23-17-6-4-3-5-14(17)12-16-19(22)24-18(21-16)13-7-9-15(20)10-8-13/h2-10,12H,1,11H2/b16-12-. The summed E-state index contributed by atoms with van der Waals surface area (Å²) < 4.78 is 12.0. The summed E-state index contributed by atoms with van der Waals surface area (Å²) in [5.41, 5.74) is 1.78. The van der Waals surface area contributed by atoms with Crippen molar-refractivity contribution < 1.29 is 14.3 Å². The maximum atomic E-state index is 12.1. The van der Waals surface area contributed by atoms with E-state index in [1.54, 1.807) is 12.2 Å². The Hall–Kier alpha value is -2.41. The minimum Gasteiger partial charge on any atom is -0.489 e. The Morgan fingerprint density at radius 2 is 1.92 bits per heavy atom. The highest BCUT2D eigenvalue weighted by atomic mass is 127. The fraction of sp³-hybridized carbons (Fsp3) is 0.0526. The van der Waals surface area contributed by atoms with Gasteiger partial charge in [-0.25, -0.2) is 9.79 Å². The van der Waals surface area contributed by atoms with Gasteiger partial charge in [0, 0.05) is 14.7 Å². The average Bonchev–Trinajstić information content (AvgIpc) is 2.95. The molecule has 3 rings (SSSR count). The summed E-state index contributed by atoms with van der Waals surface area (Å²) in [6.45, 7) is 4.02. The van der Waals surface area contributed by atoms with E-state index in [2.05, 4.69) is 34.2 Å². The van der Waals surface area contributed by atoms with E-state index in [1.165, 1.54) is 0 Å². The number of carbonyl (C=O) groups is 1. The molecule has 2 aromatic rings. The van der Waals surface area contributed by atoms with Gasteiger partial charge in [-0.05, 0) is 59.0 Å². The molecule has 0 saturated heterocycles. The largest absolute Gasteiger partial charge is 0.489 e. The van der Waals surface area contributed by atoms with Crippen LogP contribution in [0.25, 0.3) is 6.08 Å². The number of hydrogen-bond acceptors (Lipinski definition) is 4. The molecular weight excluding hydrogens is 417 g/mol. The molecule has 4 nitrogen and oxygen atoms in total. The van der Waals surface area contributed by atoms with Crippen molar-refractivity contribution in [2.45, 2.75) is 0 Å². The van der Waals surface area contributed by atoms with Crippen LogP contribution in [0.2, 0.25) is 0 Å². The van der Waals surface area contributed by atoms with Crippen molar-refractivity contribution in [2.75, 3.05) is 6.61 Å². The zero-order valence-electron chi connectivity index (χ0n) is 12.7. The molecule has 0 fully saturated rings. The zero-order chi connectivity index (χ0) is 16.9. The van der Waals surface area contributed by atoms with Gasteiger partial charge in [0.2, 0.25) is 5.90 Å². The molecular formula is C19H14INO3. The van der Waals surface area contributed by atoms with Gasteiger partial charge in [0.05, 0.1) is 0 Å². The van der Waals surface area contributed by atoms with Gasteiger partial charge in [-0.2, -0.15) is 0 Å². The maximum absolute atomic E-state index is 12.1. The third-order valence-electron chi connectivity index (χ3n) is 3.28. The van der Waals surface area contributed by atoms with Crippen LogP contribution in [-0.2, 0) is 9.53 Å². The first-order valence-electron chi connectivity index (χ1n) is 7.28. The van der Waals surface area contributed by atoms with Crippen molar-refractivity contribution in [3.63, 3.8) is 0 Å². The van der Waals surface area contributed by atoms with Crippen LogP contribution in [0.4, 0.5) is 0 Å². The molecule has 0 aromatic heterocycles. The molecule has 0 bridgehead atoms. The Morgan fingerprint density at radius 1 is 1.17 bits per heavy atom. The smallest absolute Gasteiger partial charge is 0.363 e. The van der Waals surface area contributed by atoms with Gasteiger partial charge in [-0.3, -0.25) is 0 Å². The molecule has 0 unspecified atom stereocenters. The Bertz CT molecular complexity index is 838. The van der Waals surface area contributed by atoms with Crippen LogP contribution < -0.4 is 4.74 Å². The Balaban J connectivity index is 1.91. The Morgan fingerprint density at radius 3 is 2.67 bits per heavy atom. The molecule has 1 aliphatic heterocycles. The maximum Gasteiger partial charge on any atom is 0.363 e. The SMILES string of the molecule is C=CCOc1ccccc1/C=C1\N=C(c2ccc(I)cc2)OC1=O. The molecule has 0 atom stereocenters. The summed E-state index contributed by atoms with van der Waals surface area (Å²) in [7, 11) is 0. The summed E-state index contributed by atoms with van der Waals surface area (Å²) in [5.74, 6) is 0.504. The molecule has 1 heterocycles. The quantitative estimate of drug-likeness (QED) is 0.309. The van der Waals surface area contributed by atoms with E-state index in [1.807, 2.05) is 48.5 Å². The van der Waals surface area contributed by atoms with Crippen LogP contribution >= 0.6 is 22.6 Å². The van der Waals surface area contributed by atoms with Crippen molar-refractivity contribution in [1.82, 2.24) is 0 Å². The minimum atomic E-state index is -0.470. The van der Waals surface area contributed by atoms with Crippen LogP contribution in [0.1, 0.15) is 11.1 Å². The number of para-hydroxylation sites is 1. The molecule has 0 amide bonds. The summed E-state index contributed by atoms with van der Waals surface area (Å²) in [6, 6.07) is 15.1. The molecule has 120 valence electrons. The number of halogens is 1. The normalized spacial score (nSPS) is 15.1. The number of carbonyl (C=O) groups excluding carboxylic acids is 1. The van der Waals surface area contributed by atoms with Crippen LogP contribution in [0.15, 0.2) is 71.9 Å². The second kappa shape index (κ2) is 7.44. The highest BCUT2D eigenvalue weighted by Crippen LogP contribution is 2.25. The number of nitrogens with zero attached hydrogens (tertiary/aromatic N) is 1. The topological polar surface area (TPSA) is 47.9 Å². The van der Waals surface area contributed by atoms with Crippen LogP contribution in [0, 0.1) is 3.57 Å². The molecule has 0 spiro atoms. The van der Waals surface area contributed by atoms with Gasteiger partial charge in [-0.15, -0.1) is 0 Å². The van der Waals surface area contributed by atoms with Crippen molar-refractivity contribution in [3.8, 4) is 5.75 Å². The predicted octanol–water partition coefficient (Wildman–Crippen LogP) is 4.20. The highest BCUT2D eigenvalue weighted by Gasteiger charge is 2.24. The van der Waals surface area contributed by atoms with Gasteiger partial charge < -0.3 is 9.47 Å². The number of hydrogen-bond donors (Lipinski definition) is 0. The summed E-state index contributed by atoms with van der Waals surface area (Å²) in [6.07, 6.45) is 3.33. The molecule has 0 N–H and O–H groups in total. The summed E-state index contributed by atoms with van der Waals surface area (Å²) in [5, 5.41) is 0. The van der Waals surface area contributed by atoms with E-state index in [9.17, 15) is 4.79 Å². The van der Waals surface area contributed by atoms with Gasteiger partial charge in [0.1, 0.15) is 12.4 Å². The third-order valence-corrected chi connectivity index (χ3v) is 4.00. The molecule has 2 aromatic carbocycles. The Labute approximate surface area is 153 Å². The van der Waals surface area contributed by atoms with Crippen LogP contribution in [0.5, 0.6) is 5.75 Å². The molecule has 0 radical (unpaired) electrons. The molecule has 0 aliphatic carbocycles. The third kappa shape index (κ3) is 3.73. The van der Waals surface area contributed by atoms with Gasteiger partial charge >= 0.3 is 5.97 Å². The van der Waals surface area contributed by atoms with E-state index < -0.39 is 5.97 Å². The monoisotopic (exact) mass is 431 g/mol. The lowest BCUT2D eigenvalue weighted by atomic mass is 10.1. The van der Waals surface area contributed by atoms with E-state index in [0.29, 0.717) is 18.3 Å². The van der Waals surface area contributed by atoms with Gasteiger partial charge in [0.15, 0.2) is 5.70 Å². The predicted molar refractivity (Wildman–Crippen MR) is 102 cm³/mol. The van der Waals surface area contributed by atoms with Gasteiger partial charge in [-0.1, -0.05) is 30.9 Å². The number of cyclic esters (lactones) is 1. The number of ether oxygens (including phenoxy) is 2. The van der Waals surface area contributed by atoms with Crippen molar-refractivity contribution in [2.24, 2.45) is 4.99 Å². The molecule has 24 heavy (non-hydrogen) atoms. The van der Waals surface area contributed by atoms with Crippen LogP contribution in [0.3, 0.4) is 0 Å². The van der Waals surface area contributed by atoms with Crippen molar-refractivity contribution in [1.29, 1.82) is 0 Å². The molecule has 1 aliphatic rings. The summed E-state index contributed by atoms with van der Waals surface area (Å²) >= 11 is 2.22. The average molecular weight is 431 g/mol. The second-order valence-corrected chi connectivity index (χ2v) is 6.23. The lowest BCUT2D eigenvalue weighted by Gasteiger charge is -2.06. The number of esters is 1. The fourth-order valence-electron chi connectivity index (χ4n) is 2.15. The fourth-order valence-corrected chi connectivity index (χ4v) is 2.51. The Kier molecular flexibility index (Phi) is 5.10. The summed E-state index contributed by atoms with van der Waals surface area (Å²) in [4.78, 5) is 16.4. The first kappa shape index (κ1) is 16.4. The lowest BCUT2D eigenvalue weighted by Crippen LogP contribution is -2.05. The zero-order valence-corrected chi connectivity index (χ0v) is 14.9. The second-order valence-electron chi connectivity index (χ2n) is 4.98. The molecule has 5 heteroatoms. The highest BCUT2D eigenvalue weighted by molar-refractivity contribution is 14.1. The number of aliphatic imine (C=N–C) groups is 1. The first-order chi connectivity index (χ1) is 11.7. The van der Waals surface area contributed by atoms with E-state index in [-0.39, 0.29) is 5.70 Å². The van der Waals surface area contributed by atoms with Crippen LogP contribution in [-0.4, -0.2) is 18.5 Å². The van der Waals surface area contributed by atoms with E-state index >= 15 is 0 Å². The minimum absolute atomic E-state index is 0.248. The molecule has 0 saturated carbocycles. The number of benzene rings is 2. The van der Waals surface area contributed by atoms with E-state index in [0.717, 1.165) is 14.7 Å².